The molecule has 0 bridgehead atoms. The Kier molecular flexibility index (Phi) is 3.96. The number of esters is 1. The summed E-state index contributed by atoms with van der Waals surface area (Å²) in [7, 11) is 0. The molecule has 0 saturated carbocycles. The molecule has 0 fully saturated rings. The Bertz CT molecular complexity index is 910. The Labute approximate surface area is 135 Å². The zero-order chi connectivity index (χ0) is 16.6. The van der Waals surface area contributed by atoms with Crippen LogP contribution >= 0.6 is 11.6 Å². The predicted octanol–water partition coefficient (Wildman–Crippen LogP) is 3.07. The number of carbonyl (C=O) groups is 1. The number of rotatable bonds is 3. The molecule has 0 radical (unpaired) electrons. The molecule has 0 amide bonds. The number of aryl methyl sites for hydroxylation is 1. The third-order valence-electron chi connectivity index (χ3n) is 3.23. The second kappa shape index (κ2) is 5.92. The molecule has 0 saturated heterocycles. The lowest BCUT2D eigenvalue weighted by Gasteiger charge is -2.07. The van der Waals surface area contributed by atoms with E-state index < -0.39 is 11.8 Å². The van der Waals surface area contributed by atoms with Gasteiger partial charge in [0.15, 0.2) is 5.65 Å². The highest BCUT2D eigenvalue weighted by atomic mass is 35.5. The van der Waals surface area contributed by atoms with Crippen LogP contribution in [0.25, 0.3) is 16.9 Å². The standard InChI is InChI=1S/C15H12ClFN4O2/c1-3-23-15(22)11-7-19-21-8(2)4-12(20-14(11)21)10-5-9(17)6-18-13(10)16/h4-7H,3H2,1-2H3. The molecule has 3 aromatic heterocycles. The zero-order valence-corrected chi connectivity index (χ0v) is 13.1. The summed E-state index contributed by atoms with van der Waals surface area (Å²) >= 11 is 6.03. The molecule has 0 N–H and O–H groups in total. The van der Waals surface area contributed by atoms with Gasteiger partial charge in [0.2, 0.25) is 0 Å². The van der Waals surface area contributed by atoms with E-state index in [0.717, 1.165) is 6.20 Å². The Morgan fingerprint density at radius 3 is 2.91 bits per heavy atom. The molecule has 3 heterocycles. The summed E-state index contributed by atoms with van der Waals surface area (Å²) in [5.41, 5.74) is 2.00. The zero-order valence-electron chi connectivity index (χ0n) is 12.4. The number of ether oxygens (including phenoxy) is 1. The Morgan fingerprint density at radius 1 is 1.39 bits per heavy atom. The second-order valence-corrected chi connectivity index (χ2v) is 5.15. The minimum atomic E-state index is -0.525. The van der Waals surface area contributed by atoms with Gasteiger partial charge in [-0.2, -0.15) is 5.10 Å². The molecule has 0 atom stereocenters. The molecule has 6 nitrogen and oxygen atoms in total. The third-order valence-corrected chi connectivity index (χ3v) is 3.53. The van der Waals surface area contributed by atoms with E-state index in [9.17, 15) is 9.18 Å². The summed E-state index contributed by atoms with van der Waals surface area (Å²) < 4.78 is 20.0. The summed E-state index contributed by atoms with van der Waals surface area (Å²) in [4.78, 5) is 20.1. The lowest BCUT2D eigenvalue weighted by Crippen LogP contribution is -2.06. The van der Waals surface area contributed by atoms with Crippen LogP contribution in [0.2, 0.25) is 5.15 Å². The molecule has 23 heavy (non-hydrogen) atoms. The molecule has 0 spiro atoms. The van der Waals surface area contributed by atoms with Gasteiger partial charge in [-0.1, -0.05) is 11.6 Å². The van der Waals surface area contributed by atoms with E-state index in [4.69, 9.17) is 16.3 Å². The molecular weight excluding hydrogens is 323 g/mol. The molecule has 0 aromatic carbocycles. The first-order chi connectivity index (χ1) is 11.0. The number of hydrogen-bond donors (Lipinski definition) is 0. The maximum atomic E-state index is 13.5. The first-order valence-corrected chi connectivity index (χ1v) is 7.23. The van der Waals surface area contributed by atoms with Crippen LogP contribution in [0.3, 0.4) is 0 Å². The van der Waals surface area contributed by atoms with Crippen LogP contribution in [-0.4, -0.2) is 32.2 Å². The van der Waals surface area contributed by atoms with Crippen molar-refractivity contribution in [3.05, 3.63) is 46.8 Å². The average Bonchev–Trinajstić information content (AvgIpc) is 2.94. The Hall–Kier alpha value is -2.54. The van der Waals surface area contributed by atoms with Crippen molar-refractivity contribution in [2.75, 3.05) is 6.61 Å². The van der Waals surface area contributed by atoms with Crippen LogP contribution in [0.4, 0.5) is 4.39 Å². The van der Waals surface area contributed by atoms with Crippen molar-refractivity contribution in [1.29, 1.82) is 0 Å². The summed E-state index contributed by atoms with van der Waals surface area (Å²) in [6.07, 6.45) is 2.42. The molecule has 3 aromatic rings. The van der Waals surface area contributed by atoms with Gasteiger partial charge in [-0.3, -0.25) is 0 Å². The van der Waals surface area contributed by atoms with Gasteiger partial charge in [0.25, 0.3) is 0 Å². The van der Waals surface area contributed by atoms with Gasteiger partial charge in [0, 0.05) is 11.3 Å². The minimum absolute atomic E-state index is 0.125. The van der Waals surface area contributed by atoms with Crippen LogP contribution < -0.4 is 0 Å². The lowest BCUT2D eigenvalue weighted by molar-refractivity contribution is 0.0528. The average molecular weight is 335 g/mol. The van der Waals surface area contributed by atoms with Gasteiger partial charge in [-0.05, 0) is 26.0 Å². The van der Waals surface area contributed by atoms with Crippen molar-refractivity contribution in [1.82, 2.24) is 19.6 Å². The first kappa shape index (κ1) is 15.4. The van der Waals surface area contributed by atoms with E-state index in [2.05, 4.69) is 15.1 Å². The van der Waals surface area contributed by atoms with Gasteiger partial charge >= 0.3 is 5.97 Å². The highest BCUT2D eigenvalue weighted by Gasteiger charge is 2.18. The molecular formula is C15H12ClFN4O2. The van der Waals surface area contributed by atoms with Crippen molar-refractivity contribution in [2.24, 2.45) is 0 Å². The molecule has 118 valence electrons. The number of hydrogen-bond acceptors (Lipinski definition) is 5. The number of carbonyl (C=O) groups excluding carboxylic acids is 1. The van der Waals surface area contributed by atoms with E-state index in [1.165, 1.54) is 16.8 Å². The Balaban J connectivity index is 2.22. The fourth-order valence-electron chi connectivity index (χ4n) is 2.21. The van der Waals surface area contributed by atoms with E-state index in [1.807, 2.05) is 0 Å². The predicted molar refractivity (Wildman–Crippen MR) is 81.9 cm³/mol. The smallest absolute Gasteiger partial charge is 0.343 e. The van der Waals surface area contributed by atoms with Crippen LogP contribution in [0.15, 0.2) is 24.5 Å². The van der Waals surface area contributed by atoms with Crippen molar-refractivity contribution < 1.29 is 13.9 Å². The van der Waals surface area contributed by atoms with E-state index >= 15 is 0 Å². The van der Waals surface area contributed by atoms with Crippen molar-refractivity contribution in [2.45, 2.75) is 13.8 Å². The van der Waals surface area contributed by atoms with Gasteiger partial charge in [0.1, 0.15) is 16.5 Å². The summed E-state index contributed by atoms with van der Waals surface area (Å²) in [6, 6.07) is 2.94. The first-order valence-electron chi connectivity index (χ1n) is 6.85. The van der Waals surface area contributed by atoms with Gasteiger partial charge in [0.05, 0.1) is 24.7 Å². The molecule has 0 aliphatic heterocycles. The van der Waals surface area contributed by atoms with Crippen molar-refractivity contribution in [3.8, 4) is 11.3 Å². The van der Waals surface area contributed by atoms with Gasteiger partial charge in [-0.15, -0.1) is 0 Å². The maximum absolute atomic E-state index is 13.5. The highest BCUT2D eigenvalue weighted by Crippen LogP contribution is 2.27. The fourth-order valence-corrected chi connectivity index (χ4v) is 2.41. The van der Waals surface area contributed by atoms with E-state index in [1.54, 1.807) is 19.9 Å². The van der Waals surface area contributed by atoms with Crippen LogP contribution in [0.1, 0.15) is 23.0 Å². The number of pyridine rings is 1. The lowest BCUT2D eigenvalue weighted by atomic mass is 10.2. The van der Waals surface area contributed by atoms with Crippen LogP contribution in [-0.2, 0) is 4.74 Å². The third kappa shape index (κ3) is 2.75. The molecule has 3 rings (SSSR count). The summed E-state index contributed by atoms with van der Waals surface area (Å²) in [6.45, 7) is 3.75. The summed E-state index contributed by atoms with van der Waals surface area (Å²) in [5, 5.41) is 4.25. The van der Waals surface area contributed by atoms with E-state index in [-0.39, 0.29) is 17.3 Å². The molecule has 0 aliphatic rings. The van der Waals surface area contributed by atoms with Gasteiger partial charge < -0.3 is 4.74 Å². The van der Waals surface area contributed by atoms with Crippen molar-refractivity contribution in [3.63, 3.8) is 0 Å². The Morgan fingerprint density at radius 2 is 2.17 bits per heavy atom. The molecule has 0 aliphatic carbocycles. The molecule has 0 unspecified atom stereocenters. The van der Waals surface area contributed by atoms with Crippen LogP contribution in [0, 0.1) is 12.7 Å². The van der Waals surface area contributed by atoms with Crippen molar-refractivity contribution >= 4 is 23.2 Å². The second-order valence-electron chi connectivity index (χ2n) is 4.79. The van der Waals surface area contributed by atoms with Crippen LogP contribution in [0.5, 0.6) is 0 Å². The normalized spacial score (nSPS) is 11.0. The highest BCUT2D eigenvalue weighted by molar-refractivity contribution is 6.32. The largest absolute Gasteiger partial charge is 0.462 e. The van der Waals surface area contributed by atoms with Gasteiger partial charge in [-0.25, -0.2) is 23.7 Å². The number of halogens is 2. The maximum Gasteiger partial charge on any atom is 0.343 e. The molecule has 8 heteroatoms. The fraction of sp³-hybridized carbons (Fsp3) is 0.200. The summed E-state index contributed by atoms with van der Waals surface area (Å²) in [5.74, 6) is -1.04. The number of fused-ring (bicyclic) bond motifs is 1. The SMILES string of the molecule is CCOC(=O)c1cnn2c(C)cc(-c3cc(F)cnc3Cl)nc12. The quantitative estimate of drug-likeness (QED) is 0.544. The van der Waals surface area contributed by atoms with E-state index in [0.29, 0.717) is 22.6 Å². The minimum Gasteiger partial charge on any atom is -0.462 e. The topological polar surface area (TPSA) is 69.4 Å². The monoisotopic (exact) mass is 334 g/mol. The number of aromatic nitrogens is 4. The number of nitrogens with zero attached hydrogens (tertiary/aromatic N) is 4.